The van der Waals surface area contributed by atoms with Crippen molar-refractivity contribution in [1.29, 1.82) is 0 Å². The average Bonchev–Trinajstić information content (AvgIpc) is 2.41. The Morgan fingerprint density at radius 3 is 2.48 bits per heavy atom. The van der Waals surface area contributed by atoms with E-state index in [1.165, 1.54) is 6.42 Å². The highest BCUT2D eigenvalue weighted by Gasteiger charge is 2.21. The molecule has 0 fully saturated rings. The largest absolute Gasteiger partial charge is 0.493 e. The van der Waals surface area contributed by atoms with Crippen LogP contribution in [0.1, 0.15) is 65.5 Å². The first-order valence-electron chi connectivity index (χ1n) is 8.05. The summed E-state index contributed by atoms with van der Waals surface area (Å²) in [5, 5.41) is 0. The Morgan fingerprint density at radius 2 is 1.90 bits per heavy atom. The average molecular weight is 292 g/mol. The summed E-state index contributed by atoms with van der Waals surface area (Å²) in [6, 6.07) is 8.34. The van der Waals surface area contributed by atoms with E-state index in [-0.39, 0.29) is 6.04 Å². The molecule has 0 aliphatic rings. The van der Waals surface area contributed by atoms with Crippen molar-refractivity contribution in [3.05, 3.63) is 29.8 Å². The maximum Gasteiger partial charge on any atom is 0.124 e. The van der Waals surface area contributed by atoms with Crippen LogP contribution >= 0.6 is 0 Å². The van der Waals surface area contributed by atoms with Crippen LogP contribution in [0.3, 0.4) is 0 Å². The van der Waals surface area contributed by atoms with E-state index in [2.05, 4.69) is 46.1 Å². The molecule has 0 aromatic heterocycles. The van der Waals surface area contributed by atoms with E-state index < -0.39 is 0 Å². The highest BCUT2D eigenvalue weighted by molar-refractivity contribution is 5.35. The summed E-state index contributed by atoms with van der Waals surface area (Å²) in [4.78, 5) is 0. The molecule has 0 heterocycles. The normalized spacial score (nSPS) is 14.8. The molecule has 120 valence electrons. The Bertz CT molecular complexity index is 412. The molecule has 0 saturated heterocycles. The predicted molar refractivity (Wildman–Crippen MR) is 90.1 cm³/mol. The second-order valence-corrected chi connectivity index (χ2v) is 7.21. The molecule has 1 aromatic rings. The van der Waals surface area contributed by atoms with Gasteiger partial charge in [-0.2, -0.15) is 0 Å². The van der Waals surface area contributed by atoms with Crippen LogP contribution < -0.4 is 16.0 Å². The molecule has 0 aliphatic heterocycles. The molecule has 3 N–H and O–H groups in total. The van der Waals surface area contributed by atoms with Gasteiger partial charge in [-0.15, -0.1) is 0 Å². The number of hydrazine groups is 1. The fraction of sp³-hybridized carbons (Fsp3) is 0.667. The monoisotopic (exact) mass is 292 g/mol. The van der Waals surface area contributed by atoms with Crippen molar-refractivity contribution < 1.29 is 4.74 Å². The van der Waals surface area contributed by atoms with Crippen molar-refractivity contribution >= 4 is 0 Å². The van der Waals surface area contributed by atoms with Gasteiger partial charge in [0.2, 0.25) is 0 Å². The van der Waals surface area contributed by atoms with Crippen LogP contribution in [-0.4, -0.2) is 6.61 Å². The third kappa shape index (κ3) is 6.49. The smallest absolute Gasteiger partial charge is 0.124 e. The first-order chi connectivity index (χ1) is 9.87. The predicted octanol–water partition coefficient (Wildman–Crippen LogP) is 4.44. The molecule has 0 bridgehead atoms. The van der Waals surface area contributed by atoms with Crippen molar-refractivity contribution in [1.82, 2.24) is 5.43 Å². The topological polar surface area (TPSA) is 47.3 Å². The van der Waals surface area contributed by atoms with Crippen molar-refractivity contribution in [3.8, 4) is 5.75 Å². The molecule has 2 atom stereocenters. The van der Waals surface area contributed by atoms with Gasteiger partial charge in [-0.25, -0.2) is 0 Å². The Balaban J connectivity index is 2.80. The number of hydrogen-bond donors (Lipinski definition) is 2. The molecule has 21 heavy (non-hydrogen) atoms. The SMILES string of the molecule is CCCOc1ccccc1C(CC(C)CC(C)(C)C)NN. The Morgan fingerprint density at radius 1 is 1.24 bits per heavy atom. The number of rotatable bonds is 8. The molecule has 0 amide bonds. The summed E-state index contributed by atoms with van der Waals surface area (Å²) in [5.74, 6) is 7.36. The van der Waals surface area contributed by atoms with E-state index in [1.54, 1.807) is 0 Å². The minimum Gasteiger partial charge on any atom is -0.493 e. The standard InChI is InChI=1S/C18H32N2O/c1-6-11-21-17-10-8-7-9-15(17)16(20-19)12-14(2)13-18(3,4)5/h7-10,14,16,20H,6,11-13,19H2,1-5H3. The summed E-state index contributed by atoms with van der Waals surface area (Å²) in [6.07, 6.45) is 3.21. The van der Waals surface area contributed by atoms with Gasteiger partial charge < -0.3 is 4.74 Å². The Labute approximate surface area is 130 Å². The van der Waals surface area contributed by atoms with Crippen LogP contribution in [0.2, 0.25) is 0 Å². The summed E-state index contributed by atoms with van der Waals surface area (Å²) in [6.45, 7) is 12.0. The molecular weight excluding hydrogens is 260 g/mol. The van der Waals surface area contributed by atoms with Gasteiger partial charge in [0.25, 0.3) is 0 Å². The number of hydrogen-bond acceptors (Lipinski definition) is 3. The zero-order valence-electron chi connectivity index (χ0n) is 14.3. The zero-order valence-corrected chi connectivity index (χ0v) is 14.3. The molecular formula is C18H32N2O. The van der Waals surface area contributed by atoms with Gasteiger partial charge in [0.15, 0.2) is 0 Å². The lowest BCUT2D eigenvalue weighted by atomic mass is 9.82. The van der Waals surface area contributed by atoms with Crippen molar-refractivity contribution in [2.45, 2.75) is 59.9 Å². The van der Waals surface area contributed by atoms with Crippen LogP contribution in [-0.2, 0) is 0 Å². The van der Waals surface area contributed by atoms with E-state index >= 15 is 0 Å². The third-order valence-electron chi connectivity index (χ3n) is 3.56. The maximum absolute atomic E-state index is 5.86. The second-order valence-electron chi connectivity index (χ2n) is 7.21. The van der Waals surface area contributed by atoms with Gasteiger partial charge in [0, 0.05) is 11.6 Å². The number of ether oxygens (including phenoxy) is 1. The Hall–Kier alpha value is -1.06. The van der Waals surface area contributed by atoms with Gasteiger partial charge in [-0.05, 0) is 36.7 Å². The minimum absolute atomic E-state index is 0.135. The van der Waals surface area contributed by atoms with Gasteiger partial charge >= 0.3 is 0 Å². The first kappa shape index (κ1) is 18.0. The van der Waals surface area contributed by atoms with Crippen LogP contribution in [0.25, 0.3) is 0 Å². The van der Waals surface area contributed by atoms with Gasteiger partial charge in [-0.3, -0.25) is 11.3 Å². The number of nitrogens with two attached hydrogens (primary N) is 1. The molecule has 1 aromatic carbocycles. The van der Waals surface area contributed by atoms with E-state index in [4.69, 9.17) is 10.6 Å². The first-order valence-corrected chi connectivity index (χ1v) is 8.05. The minimum atomic E-state index is 0.135. The van der Waals surface area contributed by atoms with Gasteiger partial charge in [0.1, 0.15) is 5.75 Å². The van der Waals surface area contributed by atoms with E-state index in [1.807, 2.05) is 18.2 Å². The fourth-order valence-electron chi connectivity index (χ4n) is 2.93. The van der Waals surface area contributed by atoms with Crippen LogP contribution in [0.5, 0.6) is 5.75 Å². The molecule has 0 saturated carbocycles. The summed E-state index contributed by atoms with van der Waals surface area (Å²) in [5.41, 5.74) is 4.48. The summed E-state index contributed by atoms with van der Waals surface area (Å²) < 4.78 is 5.86. The van der Waals surface area contributed by atoms with Crippen LogP contribution in [0.15, 0.2) is 24.3 Å². The third-order valence-corrected chi connectivity index (χ3v) is 3.56. The van der Waals surface area contributed by atoms with Gasteiger partial charge in [0.05, 0.1) is 6.61 Å². The van der Waals surface area contributed by atoms with Crippen LogP contribution in [0, 0.1) is 11.3 Å². The van der Waals surface area contributed by atoms with Crippen molar-refractivity contribution in [3.63, 3.8) is 0 Å². The number of nitrogens with one attached hydrogen (secondary N) is 1. The van der Waals surface area contributed by atoms with E-state index in [0.29, 0.717) is 11.3 Å². The number of para-hydroxylation sites is 1. The van der Waals surface area contributed by atoms with E-state index in [0.717, 1.165) is 30.8 Å². The molecule has 0 radical (unpaired) electrons. The Kier molecular flexibility index (Phi) is 7.20. The molecule has 0 aliphatic carbocycles. The molecule has 3 nitrogen and oxygen atoms in total. The highest BCUT2D eigenvalue weighted by Crippen LogP contribution is 2.33. The number of benzene rings is 1. The molecule has 2 unspecified atom stereocenters. The quantitative estimate of drug-likeness (QED) is 0.550. The summed E-state index contributed by atoms with van der Waals surface area (Å²) >= 11 is 0. The van der Waals surface area contributed by atoms with Crippen LogP contribution in [0.4, 0.5) is 0 Å². The lowest BCUT2D eigenvalue weighted by Crippen LogP contribution is -2.30. The second kappa shape index (κ2) is 8.40. The molecule has 1 rings (SSSR count). The molecule has 0 spiro atoms. The zero-order chi connectivity index (χ0) is 15.9. The summed E-state index contributed by atoms with van der Waals surface area (Å²) in [7, 11) is 0. The maximum atomic E-state index is 5.86. The lowest BCUT2D eigenvalue weighted by molar-refractivity contribution is 0.270. The van der Waals surface area contributed by atoms with E-state index in [9.17, 15) is 0 Å². The lowest BCUT2D eigenvalue weighted by Gasteiger charge is -2.27. The molecule has 3 heteroatoms. The van der Waals surface area contributed by atoms with Crippen molar-refractivity contribution in [2.24, 2.45) is 17.2 Å². The van der Waals surface area contributed by atoms with Crippen molar-refractivity contribution in [2.75, 3.05) is 6.61 Å². The fourth-order valence-corrected chi connectivity index (χ4v) is 2.93. The highest BCUT2D eigenvalue weighted by atomic mass is 16.5. The van der Waals surface area contributed by atoms with Gasteiger partial charge in [-0.1, -0.05) is 52.8 Å².